The van der Waals surface area contributed by atoms with Crippen LogP contribution in [-0.4, -0.2) is 49.4 Å². The molecule has 0 saturated heterocycles. The van der Waals surface area contributed by atoms with Gasteiger partial charge in [0.25, 0.3) is 5.91 Å². The van der Waals surface area contributed by atoms with Crippen LogP contribution < -0.4 is 16.0 Å². The van der Waals surface area contributed by atoms with Gasteiger partial charge in [0.05, 0.1) is 27.8 Å². The van der Waals surface area contributed by atoms with Gasteiger partial charge in [0.1, 0.15) is 17.2 Å². The van der Waals surface area contributed by atoms with Crippen molar-refractivity contribution < 1.29 is 14.3 Å². The predicted octanol–water partition coefficient (Wildman–Crippen LogP) is 5.10. The van der Waals surface area contributed by atoms with Gasteiger partial charge in [-0.05, 0) is 65.0 Å². The molecule has 4 N–H and O–H groups in total. The number of alkyl carbamates (subject to hydrolysis) is 1. The normalized spacial score (nSPS) is 12.2. The van der Waals surface area contributed by atoms with Crippen molar-refractivity contribution in [2.45, 2.75) is 52.3 Å². The summed E-state index contributed by atoms with van der Waals surface area (Å²) in [5.74, 6) is 0.0956. The summed E-state index contributed by atoms with van der Waals surface area (Å²) in [4.78, 5) is 30.8. The topological polar surface area (TPSA) is 150 Å². The Kier molecular flexibility index (Phi) is 8.25. The van der Waals surface area contributed by atoms with Crippen LogP contribution in [0.2, 0.25) is 0 Å². The van der Waals surface area contributed by atoms with Crippen LogP contribution in [0.1, 0.15) is 34.6 Å². The third-order valence-corrected chi connectivity index (χ3v) is 6.64. The largest absolute Gasteiger partial charge is 0.444 e. The first-order chi connectivity index (χ1) is 18.9. The molecule has 0 aliphatic carbocycles. The summed E-state index contributed by atoms with van der Waals surface area (Å²) >= 11 is 1.58. The fraction of sp³-hybridized carbons (Fsp3) is 0.321. The number of amides is 2. The minimum absolute atomic E-state index is 0.111. The Bertz CT molecular complexity index is 1570. The van der Waals surface area contributed by atoms with Crippen molar-refractivity contribution >= 4 is 45.3 Å². The van der Waals surface area contributed by atoms with Gasteiger partial charge in [-0.15, -0.1) is 11.3 Å². The minimum Gasteiger partial charge on any atom is -0.444 e. The smallest absolute Gasteiger partial charge is 0.408 e. The fourth-order valence-corrected chi connectivity index (χ4v) is 4.82. The number of nitrogens with one attached hydrogen (secondary N) is 4. The molecule has 4 aromatic rings. The van der Waals surface area contributed by atoms with Crippen LogP contribution in [0.3, 0.4) is 0 Å². The maximum absolute atomic E-state index is 12.9. The lowest BCUT2D eigenvalue weighted by atomic mass is 10.0. The molecule has 0 fully saturated rings. The molecule has 0 aliphatic heterocycles. The third kappa shape index (κ3) is 7.27. The van der Waals surface area contributed by atoms with E-state index in [-0.39, 0.29) is 12.1 Å². The standard InChI is InChI=1S/C28H32N8O3S/c1-27(2,3)39-26(38)35-28(4,5)14-18(15-29)24(37)30-12-13-36-21-9-7-6-8-20(21)33-25(36)34-23-11-10-22(40-23)19-16-31-32-17-19/h6-11,14,16-17H,12-13H2,1-5H3,(H,30,37)(H,31,32)(H,33,34)(H,35,38). The second-order valence-electron chi connectivity index (χ2n) is 10.6. The number of carbonyl (C=O) groups excluding carboxylic acids is 2. The molecule has 3 aromatic heterocycles. The third-order valence-electron chi connectivity index (χ3n) is 5.59. The number of benzene rings is 1. The van der Waals surface area contributed by atoms with E-state index in [2.05, 4.69) is 26.1 Å². The molecule has 0 spiro atoms. The molecule has 0 unspecified atom stereocenters. The number of hydrogen-bond donors (Lipinski definition) is 4. The van der Waals surface area contributed by atoms with Gasteiger partial charge in [-0.1, -0.05) is 12.1 Å². The van der Waals surface area contributed by atoms with Crippen LogP contribution in [0.25, 0.3) is 21.5 Å². The first-order valence-electron chi connectivity index (χ1n) is 12.7. The lowest BCUT2D eigenvalue weighted by Gasteiger charge is -2.26. The average molecular weight is 561 g/mol. The molecule has 208 valence electrons. The molecule has 0 aliphatic rings. The molecule has 0 bridgehead atoms. The Balaban J connectivity index is 1.44. The number of aromatic amines is 1. The predicted molar refractivity (Wildman–Crippen MR) is 155 cm³/mol. The second kappa shape index (κ2) is 11.6. The number of aromatic nitrogens is 4. The molecule has 40 heavy (non-hydrogen) atoms. The number of para-hydroxylation sites is 2. The molecular formula is C28H32N8O3S. The van der Waals surface area contributed by atoms with E-state index in [0.29, 0.717) is 12.5 Å². The summed E-state index contributed by atoms with van der Waals surface area (Å²) in [6.45, 7) is 9.29. The van der Waals surface area contributed by atoms with E-state index in [1.165, 1.54) is 6.08 Å². The zero-order valence-corrected chi connectivity index (χ0v) is 23.8. The van der Waals surface area contributed by atoms with Crippen LogP contribution in [0, 0.1) is 11.3 Å². The van der Waals surface area contributed by atoms with Crippen molar-refractivity contribution in [3.8, 4) is 16.5 Å². The number of H-pyrrole nitrogens is 1. The zero-order valence-electron chi connectivity index (χ0n) is 23.0. The number of nitriles is 1. The van der Waals surface area contributed by atoms with Crippen molar-refractivity contribution in [3.63, 3.8) is 0 Å². The number of hydrogen-bond acceptors (Lipinski definition) is 8. The van der Waals surface area contributed by atoms with Crippen LogP contribution in [-0.2, 0) is 16.1 Å². The Morgan fingerprint density at radius 1 is 1.18 bits per heavy atom. The number of fused-ring (bicyclic) bond motifs is 1. The highest BCUT2D eigenvalue weighted by Gasteiger charge is 2.25. The molecule has 0 radical (unpaired) electrons. The Labute approximate surface area is 236 Å². The molecule has 12 heteroatoms. The van der Waals surface area contributed by atoms with Gasteiger partial charge in [-0.25, -0.2) is 9.78 Å². The Morgan fingerprint density at radius 3 is 2.65 bits per heavy atom. The van der Waals surface area contributed by atoms with E-state index in [9.17, 15) is 14.9 Å². The second-order valence-corrected chi connectivity index (χ2v) is 11.7. The number of carbonyl (C=O) groups is 2. The SMILES string of the molecule is CC(C)(C=C(C#N)C(=O)NCCn1c(Nc2ccc(-c3cn[nH]c3)s2)nc2ccccc21)NC(=O)OC(C)(C)C. The van der Waals surface area contributed by atoms with Gasteiger partial charge in [-0.2, -0.15) is 10.4 Å². The highest BCUT2D eigenvalue weighted by Crippen LogP contribution is 2.33. The number of rotatable bonds is 9. The maximum Gasteiger partial charge on any atom is 0.408 e. The number of thiophene rings is 1. The first-order valence-corrected chi connectivity index (χ1v) is 13.5. The van der Waals surface area contributed by atoms with Gasteiger partial charge in [0.15, 0.2) is 0 Å². The van der Waals surface area contributed by atoms with E-state index >= 15 is 0 Å². The van der Waals surface area contributed by atoms with Gasteiger partial charge in [0, 0.05) is 29.7 Å². The quantitative estimate of drug-likeness (QED) is 0.164. The van der Waals surface area contributed by atoms with E-state index in [1.54, 1.807) is 52.2 Å². The molecule has 0 saturated carbocycles. The maximum atomic E-state index is 12.9. The Hall–Kier alpha value is -4.63. The van der Waals surface area contributed by atoms with Crippen molar-refractivity contribution in [2.75, 3.05) is 11.9 Å². The zero-order chi connectivity index (χ0) is 28.9. The summed E-state index contributed by atoms with van der Waals surface area (Å²) in [7, 11) is 0. The van der Waals surface area contributed by atoms with Gasteiger partial charge in [-0.3, -0.25) is 9.89 Å². The summed E-state index contributed by atoms with van der Waals surface area (Å²) < 4.78 is 7.27. The molecule has 11 nitrogen and oxygen atoms in total. The van der Waals surface area contributed by atoms with Crippen molar-refractivity contribution in [2.24, 2.45) is 0 Å². The fourth-order valence-electron chi connectivity index (χ4n) is 3.94. The number of nitrogens with zero attached hydrogens (tertiary/aromatic N) is 4. The summed E-state index contributed by atoms with van der Waals surface area (Å²) in [5, 5.41) is 26.2. The van der Waals surface area contributed by atoms with Crippen molar-refractivity contribution in [1.82, 2.24) is 30.4 Å². The van der Waals surface area contributed by atoms with Crippen LogP contribution in [0.4, 0.5) is 15.7 Å². The summed E-state index contributed by atoms with van der Waals surface area (Å²) in [6, 6.07) is 13.7. The highest BCUT2D eigenvalue weighted by atomic mass is 32.1. The molecule has 3 heterocycles. The first kappa shape index (κ1) is 28.4. The van der Waals surface area contributed by atoms with E-state index < -0.39 is 23.1 Å². The number of imidazole rings is 1. The monoisotopic (exact) mass is 560 g/mol. The molecular weight excluding hydrogens is 528 g/mol. The van der Waals surface area contributed by atoms with Gasteiger partial charge < -0.3 is 25.3 Å². The van der Waals surface area contributed by atoms with Gasteiger partial charge in [0.2, 0.25) is 5.95 Å². The van der Waals surface area contributed by atoms with Gasteiger partial charge >= 0.3 is 6.09 Å². The van der Waals surface area contributed by atoms with Crippen LogP contribution >= 0.6 is 11.3 Å². The van der Waals surface area contributed by atoms with E-state index in [1.807, 2.05) is 53.2 Å². The number of anilines is 2. The summed E-state index contributed by atoms with van der Waals surface area (Å²) in [5.41, 5.74) is 0.953. The molecule has 0 atom stereocenters. The minimum atomic E-state index is -0.988. The lowest BCUT2D eigenvalue weighted by molar-refractivity contribution is -0.117. The lowest BCUT2D eigenvalue weighted by Crippen LogP contribution is -2.45. The highest BCUT2D eigenvalue weighted by molar-refractivity contribution is 7.19. The van der Waals surface area contributed by atoms with Crippen LogP contribution in [0.5, 0.6) is 0 Å². The van der Waals surface area contributed by atoms with Crippen molar-refractivity contribution in [3.05, 3.63) is 60.4 Å². The van der Waals surface area contributed by atoms with E-state index in [0.717, 1.165) is 26.5 Å². The van der Waals surface area contributed by atoms with Crippen molar-refractivity contribution in [1.29, 1.82) is 5.26 Å². The molecule has 1 aromatic carbocycles. The summed E-state index contributed by atoms with van der Waals surface area (Å²) in [6.07, 6.45) is 4.39. The van der Waals surface area contributed by atoms with E-state index in [4.69, 9.17) is 9.72 Å². The Morgan fingerprint density at radius 2 is 1.95 bits per heavy atom. The average Bonchev–Trinajstić information content (AvgIpc) is 3.62. The molecule has 2 amide bonds. The number of ether oxygens (including phenoxy) is 1. The molecule has 4 rings (SSSR count). The van der Waals surface area contributed by atoms with Crippen LogP contribution in [0.15, 0.2) is 60.4 Å².